The van der Waals surface area contributed by atoms with Crippen LogP contribution >= 0.6 is 11.3 Å². The van der Waals surface area contributed by atoms with E-state index in [0.717, 1.165) is 83.0 Å². The number of aryl methyl sites for hydroxylation is 1. The highest BCUT2D eigenvalue weighted by Crippen LogP contribution is 2.51. The number of cyclic esters (lactones) is 1. The molecule has 8 rings (SSSR count). The number of hydrogen-bond donors (Lipinski definition) is 2. The van der Waals surface area contributed by atoms with Crippen LogP contribution in [0.25, 0.3) is 33.4 Å². The molecular weight excluding hydrogens is 841 g/mol. The van der Waals surface area contributed by atoms with Crippen LogP contribution in [-0.2, 0) is 41.6 Å². The Bertz CT molecular complexity index is 2380. The van der Waals surface area contributed by atoms with Gasteiger partial charge in [-0.25, -0.2) is 10.4 Å². The van der Waals surface area contributed by atoms with Crippen LogP contribution in [0.15, 0.2) is 35.8 Å². The Hall–Kier alpha value is -4.41. The summed E-state index contributed by atoms with van der Waals surface area (Å²) in [7, 11) is 3.91. The van der Waals surface area contributed by atoms with Crippen LogP contribution < -0.4 is 15.6 Å². The predicted molar refractivity (Wildman–Crippen MR) is 255 cm³/mol. The maximum atomic E-state index is 14.8. The van der Waals surface area contributed by atoms with Gasteiger partial charge in [-0.15, -0.1) is 11.3 Å². The second-order valence-corrected chi connectivity index (χ2v) is 20.7. The van der Waals surface area contributed by atoms with Crippen LogP contribution in [0.4, 0.5) is 5.69 Å². The summed E-state index contributed by atoms with van der Waals surface area (Å²) >= 11 is 1.42. The molecule has 3 aliphatic heterocycles. The number of methoxy groups -OCH3 is 1. The van der Waals surface area contributed by atoms with Crippen LogP contribution in [0, 0.1) is 29.1 Å². The SMILES string of the molecule is CCO[C@@H]1c2nc(cs2)-c2ccc3c(c2)c(c(-c2cc(N4CCCN(C)CC4)cnc2[C@H](C)OC)n3CC)CC(C)(C)COC(=O)[C@@H]2CCCN(N2)C(=O)[C@H]1NC(=O)[C@@H]1[C@@H](C)[C@H]1C(C)C. The molecule has 6 heterocycles. The number of carbonyl (C=O) groups excluding carboxylic acids is 3. The lowest BCUT2D eigenvalue weighted by Crippen LogP contribution is -2.61. The average Bonchev–Trinajstić information content (AvgIpc) is 3.69. The van der Waals surface area contributed by atoms with E-state index in [1.165, 1.54) is 16.3 Å². The summed E-state index contributed by atoms with van der Waals surface area (Å²) in [5, 5.41) is 8.33. The lowest BCUT2D eigenvalue weighted by atomic mass is 9.84. The van der Waals surface area contributed by atoms with Crippen molar-refractivity contribution < 1.29 is 28.6 Å². The summed E-state index contributed by atoms with van der Waals surface area (Å²) in [6.45, 7) is 22.2. The number of likely N-dealkylation sites (N-methyl/N-ethyl adjacent to an activating group) is 1. The summed E-state index contributed by atoms with van der Waals surface area (Å²) < 4.78 is 21.0. The number of aromatic nitrogens is 3. The van der Waals surface area contributed by atoms with Crippen LogP contribution in [0.1, 0.15) is 103 Å². The largest absolute Gasteiger partial charge is 0.464 e. The van der Waals surface area contributed by atoms with E-state index in [4.69, 9.17) is 24.2 Å². The number of pyridine rings is 1. The van der Waals surface area contributed by atoms with Crippen molar-refractivity contribution in [2.24, 2.45) is 29.1 Å². The maximum absolute atomic E-state index is 14.8. The number of nitrogens with zero attached hydrogens (tertiary/aromatic N) is 6. The molecule has 3 fully saturated rings. The van der Waals surface area contributed by atoms with Crippen molar-refractivity contribution in [2.75, 3.05) is 65.0 Å². The Kier molecular flexibility index (Phi) is 14.1. The van der Waals surface area contributed by atoms with Gasteiger partial charge in [-0.1, -0.05) is 40.7 Å². The molecule has 7 atom stereocenters. The van der Waals surface area contributed by atoms with Crippen molar-refractivity contribution in [1.29, 1.82) is 0 Å². The number of rotatable bonds is 10. The minimum Gasteiger partial charge on any atom is -0.464 e. The number of esters is 1. The van der Waals surface area contributed by atoms with E-state index in [2.05, 4.69) is 105 Å². The number of ether oxygens (including phenoxy) is 3. The Morgan fingerprint density at radius 3 is 2.60 bits per heavy atom. The number of nitrogens with one attached hydrogen (secondary N) is 2. The number of hydrogen-bond acceptors (Lipinski definition) is 12. The van der Waals surface area contributed by atoms with E-state index in [-0.39, 0.29) is 42.3 Å². The number of thiazole rings is 1. The van der Waals surface area contributed by atoms with Crippen molar-refractivity contribution in [3.63, 3.8) is 0 Å². The molecule has 0 radical (unpaired) electrons. The normalized spacial score (nSPS) is 25.9. The van der Waals surface area contributed by atoms with Gasteiger partial charge < -0.3 is 33.9 Å². The third-order valence-electron chi connectivity index (χ3n) is 14.3. The molecule has 352 valence electrons. The van der Waals surface area contributed by atoms with Gasteiger partial charge in [0.25, 0.3) is 5.91 Å². The van der Waals surface area contributed by atoms with Crippen LogP contribution in [0.3, 0.4) is 0 Å². The second-order valence-electron chi connectivity index (χ2n) is 19.9. The van der Waals surface area contributed by atoms with Crippen LogP contribution in [-0.4, -0.2) is 114 Å². The fourth-order valence-corrected chi connectivity index (χ4v) is 11.5. The highest BCUT2D eigenvalue weighted by molar-refractivity contribution is 7.10. The lowest BCUT2D eigenvalue weighted by molar-refractivity contribution is -0.156. The highest BCUT2D eigenvalue weighted by atomic mass is 32.1. The molecule has 15 heteroatoms. The molecule has 6 bridgehead atoms. The summed E-state index contributed by atoms with van der Waals surface area (Å²) in [6, 6.07) is 7.01. The first-order valence-corrected chi connectivity index (χ1v) is 24.8. The van der Waals surface area contributed by atoms with Crippen molar-refractivity contribution in [1.82, 2.24) is 35.2 Å². The van der Waals surface area contributed by atoms with Gasteiger partial charge in [-0.05, 0) is 102 Å². The van der Waals surface area contributed by atoms with Gasteiger partial charge in [0.1, 0.15) is 23.2 Å². The zero-order chi connectivity index (χ0) is 46.3. The molecule has 1 aliphatic carbocycles. The zero-order valence-electron chi connectivity index (χ0n) is 40.1. The van der Waals surface area contributed by atoms with E-state index in [1.807, 2.05) is 18.5 Å². The first kappa shape index (κ1) is 47.1. The molecule has 2 saturated heterocycles. The van der Waals surface area contributed by atoms with Crippen LogP contribution in [0.2, 0.25) is 0 Å². The molecule has 3 aromatic heterocycles. The molecule has 65 heavy (non-hydrogen) atoms. The van der Waals surface area contributed by atoms with Gasteiger partial charge in [0.15, 0.2) is 0 Å². The number of benzene rings is 1. The summed E-state index contributed by atoms with van der Waals surface area (Å²) in [6.07, 6.45) is 3.62. The van der Waals surface area contributed by atoms with Crippen molar-refractivity contribution in [3.8, 4) is 22.5 Å². The van der Waals surface area contributed by atoms with Gasteiger partial charge in [0, 0.05) is 85.2 Å². The number of carbonyl (C=O) groups is 3. The Morgan fingerprint density at radius 1 is 1.08 bits per heavy atom. The van der Waals surface area contributed by atoms with Gasteiger partial charge in [-0.3, -0.25) is 24.4 Å². The first-order chi connectivity index (χ1) is 31.1. The maximum Gasteiger partial charge on any atom is 0.324 e. The predicted octanol–water partition coefficient (Wildman–Crippen LogP) is 7.42. The van der Waals surface area contributed by atoms with E-state index >= 15 is 0 Å². The van der Waals surface area contributed by atoms with Gasteiger partial charge in [-0.2, -0.15) is 0 Å². The Morgan fingerprint density at radius 2 is 1.88 bits per heavy atom. The molecule has 2 N–H and O–H groups in total. The number of anilines is 1. The van der Waals surface area contributed by atoms with Crippen molar-refractivity contribution in [2.45, 2.75) is 112 Å². The third-order valence-corrected chi connectivity index (χ3v) is 15.2. The molecule has 0 spiro atoms. The van der Waals surface area contributed by atoms with Crippen molar-refractivity contribution >= 4 is 45.7 Å². The van der Waals surface area contributed by atoms with E-state index < -0.39 is 29.6 Å². The molecular formula is C50H70N8O6S. The molecule has 1 saturated carbocycles. The lowest BCUT2D eigenvalue weighted by Gasteiger charge is -2.37. The van der Waals surface area contributed by atoms with Gasteiger partial charge in [0.2, 0.25) is 5.91 Å². The smallest absolute Gasteiger partial charge is 0.324 e. The van der Waals surface area contributed by atoms with E-state index in [0.29, 0.717) is 49.9 Å². The molecule has 2 amide bonds. The number of hydrazine groups is 1. The van der Waals surface area contributed by atoms with Crippen molar-refractivity contribution in [3.05, 3.63) is 52.1 Å². The average molecular weight is 911 g/mol. The Labute approximate surface area is 388 Å². The monoisotopic (exact) mass is 911 g/mol. The quantitative estimate of drug-likeness (QED) is 0.154. The summed E-state index contributed by atoms with van der Waals surface area (Å²) in [4.78, 5) is 58.1. The molecule has 0 unspecified atom stereocenters. The molecule has 4 aromatic rings. The number of fused-ring (bicyclic) bond motifs is 6. The number of amides is 2. The molecule has 14 nitrogen and oxygen atoms in total. The molecule has 4 aliphatic rings. The zero-order valence-corrected chi connectivity index (χ0v) is 40.9. The summed E-state index contributed by atoms with van der Waals surface area (Å²) in [5.41, 5.74) is 10.7. The van der Waals surface area contributed by atoms with Gasteiger partial charge in [0.05, 0.1) is 41.7 Å². The standard InChI is InChI=1S/C50H70N8O6S/c1-11-57-39-17-16-32-23-34(39)36(44(57)35-24-33(26-51-42(35)31(6)62-10)56-19-14-18-55(9)21-22-56)25-50(7,8)28-64-49(61)37-15-13-20-58(54-37)48(60)43(45(63-12-2)47-52-38(32)27-65-47)53-46(59)41-30(5)40(41)29(3)4/h16-17,23-24,26-27,29-31,37,40-41,43,45,54H,11-15,18-22,25,28H2,1-10H3,(H,53,59)/t30-,31-,37-,40+,41+,43-,45-/m0/s1. The fraction of sp³-hybridized carbons (Fsp3) is 0.620. The minimum atomic E-state index is -1.08. The van der Waals surface area contributed by atoms with E-state index in [9.17, 15) is 14.4 Å². The van der Waals surface area contributed by atoms with Gasteiger partial charge >= 0.3 is 5.97 Å². The van der Waals surface area contributed by atoms with E-state index in [1.54, 1.807) is 7.11 Å². The fourth-order valence-electron chi connectivity index (χ4n) is 10.6. The Balaban J connectivity index is 1.28. The highest BCUT2D eigenvalue weighted by Gasteiger charge is 2.54. The molecule has 1 aromatic carbocycles. The first-order valence-electron chi connectivity index (χ1n) is 23.9. The second kappa shape index (κ2) is 19.4. The third kappa shape index (κ3) is 9.59. The topological polar surface area (TPSA) is 143 Å². The summed E-state index contributed by atoms with van der Waals surface area (Å²) in [5.74, 6) is -0.371. The minimum absolute atomic E-state index is 0.161. The van der Waals surface area contributed by atoms with Crippen LogP contribution in [0.5, 0.6) is 0 Å².